The van der Waals surface area contributed by atoms with E-state index in [1.165, 1.54) is 38.9 Å². The third kappa shape index (κ3) is 17.5. The number of aryl methyl sites for hydroxylation is 8. The summed E-state index contributed by atoms with van der Waals surface area (Å²) < 4.78 is 23.1. The fraction of sp³-hybridized carbons (Fsp3) is 0.222. The van der Waals surface area contributed by atoms with E-state index in [-0.39, 0.29) is 13.2 Å². The predicted octanol–water partition coefficient (Wildman–Crippen LogP) is 15.1. The summed E-state index contributed by atoms with van der Waals surface area (Å²) in [7, 11) is 0. The van der Waals surface area contributed by atoms with Crippen LogP contribution in [0, 0.1) is 91.4 Å². The van der Waals surface area contributed by atoms with E-state index in [4.69, 9.17) is 37.0 Å². The Morgan fingerprint density at radius 3 is 1.35 bits per heavy atom. The maximum absolute atomic E-state index is 12.9. The van der Waals surface area contributed by atoms with Gasteiger partial charge in [-0.25, -0.2) is 0 Å². The number of ether oxygens (including phenoxy) is 4. The minimum Gasteiger partial charge on any atom is -0.337 e. The Labute approximate surface area is 474 Å². The first kappa shape index (κ1) is 60.1. The molecule has 0 aromatic heterocycles. The van der Waals surface area contributed by atoms with Gasteiger partial charge in [-0.3, -0.25) is 9.59 Å². The number of Topliss-reactive ketones (excluding diaryl/α,β-unsaturated/α-hetero) is 2. The molecule has 6 nitrogen and oxygen atoms in total. The molecule has 7 heteroatoms. The van der Waals surface area contributed by atoms with Crippen LogP contribution in [0.1, 0.15) is 93.8 Å². The van der Waals surface area contributed by atoms with Crippen molar-refractivity contribution in [1.29, 1.82) is 0 Å². The molecule has 2 saturated heterocycles. The van der Waals surface area contributed by atoms with E-state index in [1.54, 1.807) is 30.3 Å². The minimum atomic E-state index is -1.64. The van der Waals surface area contributed by atoms with Crippen LogP contribution in [0.4, 0.5) is 0 Å². The van der Waals surface area contributed by atoms with Gasteiger partial charge in [-0.2, -0.15) is 0 Å². The highest BCUT2D eigenvalue weighted by molar-refractivity contribution is 6.46. The van der Waals surface area contributed by atoms with Crippen LogP contribution in [-0.2, 0) is 47.6 Å². The highest BCUT2D eigenvalue weighted by Gasteiger charge is 2.50. The molecule has 0 unspecified atom stereocenters. The molecule has 8 aromatic carbocycles. The topological polar surface area (TPSA) is 71.1 Å². The normalized spacial score (nSPS) is 13.2. The first-order chi connectivity index (χ1) is 38.2. The Bertz CT molecular complexity index is 3440. The number of carbonyl (C=O) groups excluding carboxylic acids is 2. The van der Waals surface area contributed by atoms with Crippen LogP contribution in [0.15, 0.2) is 194 Å². The second kappa shape index (κ2) is 30.2. The van der Waals surface area contributed by atoms with Crippen LogP contribution in [0.2, 0.25) is 0 Å². The summed E-state index contributed by atoms with van der Waals surface area (Å²) in [5.74, 6) is 12.1. The van der Waals surface area contributed by atoms with Gasteiger partial charge in [-0.05, 0) is 143 Å². The lowest BCUT2D eigenvalue weighted by atomic mass is 9.91. The molecule has 10 rings (SSSR count). The van der Waals surface area contributed by atoms with E-state index in [2.05, 4.69) is 126 Å². The molecular weight excluding hydrogens is 996 g/mol. The number of halogens is 1. The van der Waals surface area contributed by atoms with Crippen molar-refractivity contribution < 1.29 is 28.5 Å². The summed E-state index contributed by atoms with van der Waals surface area (Å²) in [6, 6.07) is 62.9. The van der Waals surface area contributed by atoms with Crippen LogP contribution < -0.4 is 0 Å². The lowest BCUT2D eigenvalue weighted by molar-refractivity contribution is -0.179. The highest BCUT2D eigenvalue weighted by Crippen LogP contribution is 2.37. The van der Waals surface area contributed by atoms with E-state index in [9.17, 15) is 9.59 Å². The largest absolute Gasteiger partial charge is 0.337 e. The number of benzene rings is 8. The van der Waals surface area contributed by atoms with Crippen LogP contribution in [-0.4, -0.2) is 38.0 Å². The third-order valence-corrected chi connectivity index (χ3v) is 13.2. The van der Waals surface area contributed by atoms with Gasteiger partial charge in [0.15, 0.2) is 0 Å². The van der Waals surface area contributed by atoms with Gasteiger partial charge < -0.3 is 18.9 Å². The maximum Gasteiger partial charge on any atom is 0.267 e. The Morgan fingerprint density at radius 2 is 0.873 bits per heavy atom. The van der Waals surface area contributed by atoms with Gasteiger partial charge in [-0.15, -0.1) is 18.0 Å². The van der Waals surface area contributed by atoms with Crippen LogP contribution in [0.3, 0.4) is 0 Å². The second-order valence-corrected chi connectivity index (χ2v) is 19.5. The molecule has 0 spiro atoms. The third-order valence-electron chi connectivity index (χ3n) is 12.9. The average Bonchev–Trinajstić information content (AvgIpc) is 4.25. The SMILES string of the molecule is C#Cc1ccccc1.Cc1ccc(C)c(C2(C#Cc3ccccc3)OCCO2)c1.Cc1ccc(C)c(C2(C(=O)C(=O)c3ccccc3)OCCO2)c1.Cc1ccc(C)c(CC#Cc2ccccc2)c1.Cc1ccc(C)c(CCl)c1. The molecule has 0 atom stereocenters. The van der Waals surface area contributed by atoms with E-state index in [1.807, 2.05) is 123 Å². The van der Waals surface area contributed by atoms with Crippen molar-refractivity contribution in [3.8, 4) is 36.0 Å². The molecule has 8 aromatic rings. The average molecular weight is 1070 g/mol. The van der Waals surface area contributed by atoms with Crippen molar-refractivity contribution in [1.82, 2.24) is 0 Å². The first-order valence-corrected chi connectivity index (χ1v) is 26.9. The molecule has 0 bridgehead atoms. The minimum absolute atomic E-state index is 0.279. The quantitative estimate of drug-likeness (QED) is 0.0685. The molecule has 2 aliphatic rings. The summed E-state index contributed by atoms with van der Waals surface area (Å²) in [5.41, 5.74) is 16.8. The van der Waals surface area contributed by atoms with Gasteiger partial charge >= 0.3 is 0 Å². The highest BCUT2D eigenvalue weighted by atomic mass is 35.5. The molecule has 2 heterocycles. The summed E-state index contributed by atoms with van der Waals surface area (Å²) in [5, 5.41) is 0. The number of terminal acetylenes is 1. The summed E-state index contributed by atoms with van der Waals surface area (Å²) >= 11 is 5.70. The molecule has 79 heavy (non-hydrogen) atoms. The van der Waals surface area contributed by atoms with E-state index in [0.29, 0.717) is 30.2 Å². The summed E-state index contributed by atoms with van der Waals surface area (Å²) in [4.78, 5) is 25.5. The van der Waals surface area contributed by atoms with Gasteiger partial charge in [0.2, 0.25) is 5.78 Å². The first-order valence-electron chi connectivity index (χ1n) is 26.3. The van der Waals surface area contributed by atoms with Gasteiger partial charge in [0.25, 0.3) is 17.4 Å². The lowest BCUT2D eigenvalue weighted by Crippen LogP contribution is -2.42. The smallest absolute Gasteiger partial charge is 0.267 e. The van der Waals surface area contributed by atoms with E-state index < -0.39 is 23.1 Å². The van der Waals surface area contributed by atoms with E-state index in [0.717, 1.165) is 45.4 Å². The molecule has 0 aliphatic carbocycles. The molecule has 0 N–H and O–H groups in total. The Hall–Kier alpha value is -8.09. The van der Waals surface area contributed by atoms with Crippen molar-refractivity contribution >= 4 is 23.2 Å². The number of hydrogen-bond acceptors (Lipinski definition) is 6. The number of alkyl halides is 1. The zero-order valence-electron chi connectivity index (χ0n) is 46.6. The summed E-state index contributed by atoms with van der Waals surface area (Å²) in [6.45, 7) is 18.0. The monoisotopic (exact) mass is 1060 g/mol. The van der Waals surface area contributed by atoms with Gasteiger partial charge in [-0.1, -0.05) is 192 Å². The zero-order valence-corrected chi connectivity index (χ0v) is 47.4. The Balaban J connectivity index is 0.000000167. The van der Waals surface area contributed by atoms with Crippen LogP contribution in [0.25, 0.3) is 0 Å². The Kier molecular flexibility index (Phi) is 23.0. The molecule has 0 saturated carbocycles. The number of rotatable bonds is 7. The number of carbonyl (C=O) groups is 2. The molecule has 0 amide bonds. The van der Waals surface area contributed by atoms with E-state index >= 15 is 0 Å². The fourth-order valence-electron chi connectivity index (χ4n) is 8.49. The van der Waals surface area contributed by atoms with Gasteiger partial charge in [0, 0.05) is 45.7 Å². The van der Waals surface area contributed by atoms with Crippen molar-refractivity contribution in [2.75, 3.05) is 26.4 Å². The predicted molar refractivity (Wildman–Crippen MR) is 321 cm³/mol. The number of hydrogen-bond donors (Lipinski definition) is 0. The van der Waals surface area contributed by atoms with Gasteiger partial charge in [0.1, 0.15) is 0 Å². The maximum atomic E-state index is 12.9. The molecule has 0 radical (unpaired) electrons. The van der Waals surface area contributed by atoms with Crippen molar-refractivity contribution in [3.05, 3.63) is 283 Å². The van der Waals surface area contributed by atoms with Crippen molar-refractivity contribution in [2.45, 2.75) is 79.3 Å². The van der Waals surface area contributed by atoms with Crippen molar-refractivity contribution in [3.63, 3.8) is 0 Å². The lowest BCUT2D eigenvalue weighted by Gasteiger charge is -2.27. The number of ketones is 2. The van der Waals surface area contributed by atoms with Crippen LogP contribution >= 0.6 is 11.6 Å². The Morgan fingerprint density at radius 1 is 0.468 bits per heavy atom. The van der Waals surface area contributed by atoms with Crippen molar-refractivity contribution in [2.24, 2.45) is 0 Å². The molecule has 2 fully saturated rings. The molecule has 2 aliphatic heterocycles. The standard InChI is InChI=1S/C19H18O4.C19H18O2.C17H16.C9H11Cl.C8H6/c1-13-8-9-14(2)16(12-13)19(22-10-11-23-19)18(21)17(20)15-6-4-3-5-7-15;1-15-8-9-16(2)18(14-15)19(20-12-13-21-19)11-10-17-6-4-3-5-7-17;1-14-11-12-15(2)17(13-14)10-6-9-16-7-4-3-5-8-16;1-7-3-4-8(2)9(5-7)6-10;1-2-8-6-4-3-5-7-8/h3-9,12H,10-11H2,1-2H3;3-9,14H,12-13H2,1-2H3;3-5,7-8,11-13H,10H2,1-2H3;3-5H,6H2,1-2H3;1,3-7H. The second-order valence-electron chi connectivity index (χ2n) is 19.3. The van der Waals surface area contributed by atoms with Gasteiger partial charge in [0.05, 0.1) is 26.4 Å². The summed E-state index contributed by atoms with van der Waals surface area (Å²) in [6.07, 6.45) is 5.92. The molecule has 400 valence electrons. The fourth-order valence-corrected chi connectivity index (χ4v) is 8.78. The molecular formula is C72H69ClO6. The zero-order chi connectivity index (χ0) is 56.6. The van der Waals surface area contributed by atoms with Crippen LogP contribution in [0.5, 0.6) is 0 Å².